The zero-order valence-corrected chi connectivity index (χ0v) is 9.07. The third-order valence-electron chi connectivity index (χ3n) is 2.01. The van der Waals surface area contributed by atoms with Crippen molar-refractivity contribution in [2.45, 2.75) is 12.8 Å². The first-order valence-corrected chi connectivity index (χ1v) is 5.82. The molecule has 0 unspecified atom stereocenters. The molecule has 0 fully saturated rings. The molecular formula is C10H13NO3S. The average Bonchev–Trinajstić information content (AvgIpc) is 2.25. The fourth-order valence-electron chi connectivity index (χ4n) is 1.33. The molecule has 0 saturated heterocycles. The largest absolute Gasteiger partial charge is 0.386 e. The van der Waals surface area contributed by atoms with Crippen molar-refractivity contribution >= 4 is 17.4 Å². The van der Waals surface area contributed by atoms with Gasteiger partial charge in [0.25, 0.3) is 5.69 Å². The van der Waals surface area contributed by atoms with Crippen LogP contribution in [-0.4, -0.2) is 21.7 Å². The molecule has 5 heteroatoms. The van der Waals surface area contributed by atoms with E-state index in [0.29, 0.717) is 6.42 Å². The minimum absolute atomic E-state index is 0.108. The van der Waals surface area contributed by atoms with Crippen LogP contribution in [0.3, 0.4) is 0 Å². The summed E-state index contributed by atoms with van der Waals surface area (Å²) in [6.45, 7) is 0. The number of benzene rings is 1. The van der Waals surface area contributed by atoms with Crippen LogP contribution in [0.4, 0.5) is 5.69 Å². The second-order valence-electron chi connectivity index (χ2n) is 3.03. The van der Waals surface area contributed by atoms with Crippen LogP contribution in [0.15, 0.2) is 24.3 Å². The number of nitrogens with zero attached hydrogens (tertiary/aromatic N) is 1. The minimum Gasteiger partial charge on any atom is -0.386 e. The van der Waals surface area contributed by atoms with Gasteiger partial charge in [0.1, 0.15) is 0 Å². The quantitative estimate of drug-likeness (QED) is 0.350. The van der Waals surface area contributed by atoms with Gasteiger partial charge in [-0.1, -0.05) is 18.2 Å². The third-order valence-corrected chi connectivity index (χ3v) is 2.77. The molecule has 1 aromatic carbocycles. The molecule has 1 rings (SSSR count). The highest BCUT2D eigenvalue weighted by molar-refractivity contribution is 7.99. The van der Waals surface area contributed by atoms with E-state index < -0.39 is 0 Å². The maximum absolute atomic E-state index is 10.7. The number of aryl methyl sites for hydroxylation is 1. The molecule has 0 atom stereocenters. The van der Waals surface area contributed by atoms with Gasteiger partial charge in [0.15, 0.2) is 0 Å². The van der Waals surface area contributed by atoms with Crippen molar-refractivity contribution in [3.63, 3.8) is 0 Å². The van der Waals surface area contributed by atoms with E-state index in [2.05, 4.69) is 0 Å². The van der Waals surface area contributed by atoms with Crippen LogP contribution in [0.2, 0.25) is 0 Å². The smallest absolute Gasteiger partial charge is 0.272 e. The highest BCUT2D eigenvalue weighted by Crippen LogP contribution is 2.19. The van der Waals surface area contributed by atoms with Gasteiger partial charge in [-0.3, -0.25) is 10.1 Å². The summed E-state index contributed by atoms with van der Waals surface area (Å²) in [6, 6.07) is 6.78. The van der Waals surface area contributed by atoms with Crippen molar-refractivity contribution in [1.29, 1.82) is 0 Å². The van der Waals surface area contributed by atoms with E-state index in [4.69, 9.17) is 5.11 Å². The van der Waals surface area contributed by atoms with E-state index in [1.807, 2.05) is 6.07 Å². The third kappa shape index (κ3) is 3.89. The van der Waals surface area contributed by atoms with Gasteiger partial charge in [0.2, 0.25) is 0 Å². The highest BCUT2D eigenvalue weighted by Gasteiger charge is 2.10. The number of aliphatic hydroxyl groups is 1. The van der Waals surface area contributed by atoms with E-state index in [1.54, 1.807) is 12.1 Å². The molecule has 0 aliphatic rings. The number of nitro groups is 1. The summed E-state index contributed by atoms with van der Waals surface area (Å²) in [5, 5.41) is 19.2. The fraction of sp³-hybridized carbons (Fsp3) is 0.400. The summed E-state index contributed by atoms with van der Waals surface area (Å²) in [5.41, 5.74) is 0.951. The topological polar surface area (TPSA) is 63.4 Å². The molecule has 0 heterocycles. The lowest BCUT2D eigenvalue weighted by Crippen LogP contribution is -1.96. The SMILES string of the molecule is O=[N+]([O-])c1ccccc1CCCSCO. The lowest BCUT2D eigenvalue weighted by atomic mass is 10.1. The molecule has 0 saturated carbocycles. The van der Waals surface area contributed by atoms with Crippen LogP contribution < -0.4 is 0 Å². The lowest BCUT2D eigenvalue weighted by molar-refractivity contribution is -0.385. The second kappa shape index (κ2) is 6.42. The monoisotopic (exact) mass is 227 g/mol. The summed E-state index contributed by atoms with van der Waals surface area (Å²) >= 11 is 1.43. The number of hydrogen-bond acceptors (Lipinski definition) is 4. The molecular weight excluding hydrogens is 214 g/mol. The first-order valence-electron chi connectivity index (χ1n) is 4.66. The van der Waals surface area contributed by atoms with E-state index in [0.717, 1.165) is 17.7 Å². The van der Waals surface area contributed by atoms with E-state index in [9.17, 15) is 10.1 Å². The van der Waals surface area contributed by atoms with Crippen LogP contribution in [0.5, 0.6) is 0 Å². The molecule has 82 valence electrons. The standard InChI is InChI=1S/C10H13NO3S/c12-8-15-7-3-5-9-4-1-2-6-10(9)11(13)14/h1-2,4,6,12H,3,5,7-8H2. The van der Waals surface area contributed by atoms with Gasteiger partial charge in [0.05, 0.1) is 10.9 Å². The van der Waals surface area contributed by atoms with Gasteiger partial charge in [-0.2, -0.15) is 0 Å². The Kier molecular flexibility index (Phi) is 5.14. The summed E-state index contributed by atoms with van der Waals surface area (Å²) < 4.78 is 0. The Balaban J connectivity index is 2.56. The fourth-order valence-corrected chi connectivity index (χ4v) is 1.81. The Hall–Kier alpha value is -1.07. The summed E-state index contributed by atoms with van der Waals surface area (Å²) in [6.07, 6.45) is 1.53. The average molecular weight is 227 g/mol. The Morgan fingerprint density at radius 3 is 2.80 bits per heavy atom. The van der Waals surface area contributed by atoms with Crippen LogP contribution in [0.25, 0.3) is 0 Å². The lowest BCUT2D eigenvalue weighted by Gasteiger charge is -2.01. The number of nitro benzene ring substituents is 1. The van der Waals surface area contributed by atoms with Crippen molar-refractivity contribution in [1.82, 2.24) is 0 Å². The summed E-state index contributed by atoms with van der Waals surface area (Å²) in [5.74, 6) is 0.930. The van der Waals surface area contributed by atoms with Gasteiger partial charge in [-0.15, -0.1) is 11.8 Å². The van der Waals surface area contributed by atoms with Gasteiger partial charge >= 0.3 is 0 Å². The Labute approximate surface area is 92.5 Å². The maximum Gasteiger partial charge on any atom is 0.272 e. The van der Waals surface area contributed by atoms with Crippen LogP contribution in [0.1, 0.15) is 12.0 Å². The van der Waals surface area contributed by atoms with E-state index in [-0.39, 0.29) is 16.5 Å². The van der Waals surface area contributed by atoms with E-state index in [1.165, 1.54) is 17.8 Å². The van der Waals surface area contributed by atoms with Gasteiger partial charge < -0.3 is 5.11 Å². The first-order chi connectivity index (χ1) is 7.25. The molecule has 0 bridgehead atoms. The van der Waals surface area contributed by atoms with Crippen molar-refractivity contribution in [3.8, 4) is 0 Å². The Bertz CT molecular complexity index is 330. The first kappa shape index (κ1) is 12.0. The minimum atomic E-state index is -0.353. The molecule has 0 aliphatic heterocycles. The molecule has 0 aromatic heterocycles. The zero-order chi connectivity index (χ0) is 11.1. The van der Waals surface area contributed by atoms with Crippen molar-refractivity contribution < 1.29 is 10.0 Å². The molecule has 1 aromatic rings. The molecule has 15 heavy (non-hydrogen) atoms. The Morgan fingerprint density at radius 1 is 1.40 bits per heavy atom. The van der Waals surface area contributed by atoms with Crippen molar-refractivity contribution in [3.05, 3.63) is 39.9 Å². The highest BCUT2D eigenvalue weighted by atomic mass is 32.2. The second-order valence-corrected chi connectivity index (χ2v) is 4.10. The van der Waals surface area contributed by atoms with Crippen LogP contribution in [0, 0.1) is 10.1 Å². The van der Waals surface area contributed by atoms with Gasteiger partial charge in [-0.25, -0.2) is 0 Å². The molecule has 4 nitrogen and oxygen atoms in total. The number of rotatable bonds is 6. The summed E-state index contributed by atoms with van der Waals surface area (Å²) in [4.78, 5) is 10.3. The molecule has 0 amide bonds. The Morgan fingerprint density at radius 2 is 2.13 bits per heavy atom. The van der Waals surface area contributed by atoms with Crippen molar-refractivity contribution in [2.24, 2.45) is 0 Å². The molecule has 0 aliphatic carbocycles. The number of thioether (sulfide) groups is 1. The van der Waals surface area contributed by atoms with Gasteiger partial charge in [0, 0.05) is 11.6 Å². The summed E-state index contributed by atoms with van der Waals surface area (Å²) in [7, 11) is 0. The van der Waals surface area contributed by atoms with Crippen LogP contribution >= 0.6 is 11.8 Å². The van der Waals surface area contributed by atoms with Gasteiger partial charge in [-0.05, 0) is 18.6 Å². The number of hydrogen-bond donors (Lipinski definition) is 1. The molecule has 0 radical (unpaired) electrons. The van der Waals surface area contributed by atoms with E-state index >= 15 is 0 Å². The predicted molar refractivity (Wildman–Crippen MR) is 61.0 cm³/mol. The predicted octanol–water partition coefficient (Wildman–Crippen LogP) is 2.21. The normalized spacial score (nSPS) is 10.2. The van der Waals surface area contributed by atoms with Crippen molar-refractivity contribution in [2.75, 3.05) is 11.7 Å². The molecule has 1 N–H and O–H groups in total. The number of aliphatic hydroxyl groups excluding tert-OH is 1. The maximum atomic E-state index is 10.7. The zero-order valence-electron chi connectivity index (χ0n) is 8.26. The van der Waals surface area contributed by atoms with Crippen LogP contribution in [-0.2, 0) is 6.42 Å². The number of para-hydroxylation sites is 1. The molecule has 0 spiro atoms.